The van der Waals surface area contributed by atoms with Crippen molar-refractivity contribution in [3.8, 4) is 17.9 Å². The van der Waals surface area contributed by atoms with E-state index in [-0.39, 0.29) is 22.2 Å². The van der Waals surface area contributed by atoms with Gasteiger partial charge in [0, 0.05) is 16.9 Å². The number of nitriles is 2. The normalized spacial score (nSPS) is 17.2. The Morgan fingerprint density at radius 3 is 2.48 bits per heavy atom. The van der Waals surface area contributed by atoms with Crippen LogP contribution in [0.2, 0.25) is 0 Å². The molecule has 148 valence electrons. The van der Waals surface area contributed by atoms with Crippen molar-refractivity contribution in [1.82, 2.24) is 5.32 Å². The van der Waals surface area contributed by atoms with Gasteiger partial charge in [-0.05, 0) is 66.7 Å². The number of ether oxygens (including phenoxy) is 1. The Balaban J connectivity index is 1.73. The summed E-state index contributed by atoms with van der Waals surface area (Å²) < 4.78 is 43.1. The maximum absolute atomic E-state index is 12.6. The lowest BCUT2D eigenvalue weighted by molar-refractivity contribution is -0.0328. The van der Waals surface area contributed by atoms with Crippen molar-refractivity contribution < 1.29 is 22.7 Å². The largest absolute Gasteiger partial charge is 0.486 e. The second-order valence-electron chi connectivity index (χ2n) is 6.59. The van der Waals surface area contributed by atoms with Crippen LogP contribution in [-0.2, 0) is 6.42 Å². The number of alkyl halides is 3. The Morgan fingerprint density at radius 2 is 1.90 bits per heavy atom. The molecule has 1 N–H and O–H groups in total. The third-order valence-electron chi connectivity index (χ3n) is 4.46. The number of amides is 1. The zero-order valence-electron chi connectivity index (χ0n) is 15.1. The summed E-state index contributed by atoms with van der Waals surface area (Å²) in [5.41, 5.74) is -4.45. The highest BCUT2D eigenvalue weighted by atomic mass is 32.2. The fourth-order valence-electron chi connectivity index (χ4n) is 2.94. The van der Waals surface area contributed by atoms with E-state index in [0.717, 1.165) is 5.56 Å². The molecule has 9 heteroatoms. The number of halogens is 3. The van der Waals surface area contributed by atoms with Crippen LogP contribution in [0.15, 0.2) is 47.4 Å². The lowest BCUT2D eigenvalue weighted by atomic mass is 9.92. The summed E-state index contributed by atoms with van der Waals surface area (Å²) in [6.07, 6.45) is -0.350. The van der Waals surface area contributed by atoms with Crippen LogP contribution in [-0.4, -0.2) is 23.1 Å². The molecule has 1 heterocycles. The maximum atomic E-state index is 12.6. The van der Waals surface area contributed by atoms with E-state index in [1.807, 2.05) is 6.07 Å². The number of benzene rings is 2. The molecule has 0 spiro atoms. The van der Waals surface area contributed by atoms with Gasteiger partial charge < -0.3 is 10.1 Å². The predicted octanol–water partition coefficient (Wildman–Crippen LogP) is 4.19. The molecule has 29 heavy (non-hydrogen) atoms. The number of fused-ring (bicyclic) bond motifs is 1. The first-order valence-electron chi connectivity index (χ1n) is 8.43. The van der Waals surface area contributed by atoms with Gasteiger partial charge in [0.2, 0.25) is 0 Å². The minimum atomic E-state index is -4.41. The minimum absolute atomic E-state index is 0.0417. The molecule has 3 rings (SSSR count). The van der Waals surface area contributed by atoms with Crippen LogP contribution in [0.5, 0.6) is 5.75 Å². The number of thioether (sulfide) groups is 1. The molecule has 0 aromatic heterocycles. The number of hydrogen-bond donors (Lipinski definition) is 1. The van der Waals surface area contributed by atoms with Gasteiger partial charge in [-0.1, -0.05) is 0 Å². The molecular weight excluding hydrogens is 403 g/mol. The van der Waals surface area contributed by atoms with E-state index in [4.69, 9.17) is 10.00 Å². The fourth-order valence-corrected chi connectivity index (χ4v) is 3.48. The smallest absolute Gasteiger partial charge is 0.446 e. The van der Waals surface area contributed by atoms with E-state index in [9.17, 15) is 23.2 Å². The summed E-state index contributed by atoms with van der Waals surface area (Å²) in [5.74, 6) is -0.0619. The van der Waals surface area contributed by atoms with Gasteiger partial charge in [0.25, 0.3) is 5.91 Å². The highest BCUT2D eigenvalue weighted by Gasteiger charge is 2.42. The van der Waals surface area contributed by atoms with Crippen molar-refractivity contribution in [2.45, 2.75) is 35.4 Å². The van der Waals surface area contributed by atoms with Crippen molar-refractivity contribution >= 4 is 17.7 Å². The molecule has 1 aliphatic rings. The Labute approximate surface area is 169 Å². The zero-order chi connectivity index (χ0) is 21.2. The molecular formula is C20H14F3N3O2S. The van der Waals surface area contributed by atoms with Crippen LogP contribution >= 0.6 is 11.8 Å². The van der Waals surface area contributed by atoms with Crippen LogP contribution < -0.4 is 10.1 Å². The molecule has 5 nitrogen and oxygen atoms in total. The molecule has 2 aromatic rings. The molecule has 0 bridgehead atoms. The molecule has 2 aromatic carbocycles. The van der Waals surface area contributed by atoms with Crippen LogP contribution in [0.25, 0.3) is 0 Å². The van der Waals surface area contributed by atoms with E-state index < -0.39 is 23.1 Å². The summed E-state index contributed by atoms with van der Waals surface area (Å²) in [6, 6.07) is 13.9. The summed E-state index contributed by atoms with van der Waals surface area (Å²) in [4.78, 5) is 12.5. The zero-order valence-corrected chi connectivity index (χ0v) is 15.9. The van der Waals surface area contributed by atoms with Gasteiger partial charge in [0.1, 0.15) is 11.9 Å². The highest BCUT2D eigenvalue weighted by Crippen LogP contribution is 2.37. The van der Waals surface area contributed by atoms with Gasteiger partial charge in [-0.3, -0.25) is 4.79 Å². The molecule has 0 saturated heterocycles. The molecule has 0 fully saturated rings. The maximum Gasteiger partial charge on any atom is 0.446 e. The van der Waals surface area contributed by atoms with E-state index in [2.05, 4.69) is 11.4 Å². The molecule has 0 unspecified atom stereocenters. The number of nitrogens with zero attached hydrogens (tertiary/aromatic N) is 2. The first kappa shape index (κ1) is 20.6. The van der Waals surface area contributed by atoms with E-state index in [0.29, 0.717) is 17.7 Å². The first-order valence-corrected chi connectivity index (χ1v) is 9.24. The van der Waals surface area contributed by atoms with Crippen LogP contribution in [0.3, 0.4) is 0 Å². The molecule has 1 amide bonds. The standard InChI is InChI=1S/C20H14F3N3O2S/c1-19(11-25,17-9-14-8-12(10-24)2-7-16(14)28-17)26-18(27)13-3-5-15(6-4-13)29-20(21,22)23/h2-8,17H,9H2,1H3,(H,26,27)/t17-,19-/m1/s1. The Morgan fingerprint density at radius 1 is 1.21 bits per heavy atom. The number of hydrogen-bond acceptors (Lipinski definition) is 5. The van der Waals surface area contributed by atoms with Gasteiger partial charge in [-0.15, -0.1) is 0 Å². The number of carbonyl (C=O) groups excluding carboxylic acids is 1. The summed E-state index contributed by atoms with van der Waals surface area (Å²) in [5, 5.41) is 21.3. The van der Waals surface area contributed by atoms with Gasteiger partial charge >= 0.3 is 5.51 Å². The summed E-state index contributed by atoms with van der Waals surface area (Å²) in [6.45, 7) is 1.51. The average molecular weight is 417 g/mol. The number of nitrogens with one attached hydrogen (secondary N) is 1. The Hall–Kier alpha value is -3.17. The molecule has 0 saturated carbocycles. The minimum Gasteiger partial charge on any atom is -0.486 e. The monoisotopic (exact) mass is 417 g/mol. The van der Waals surface area contributed by atoms with Gasteiger partial charge in [0.15, 0.2) is 5.54 Å². The molecule has 0 aliphatic carbocycles. The molecule has 0 radical (unpaired) electrons. The topological polar surface area (TPSA) is 85.9 Å². The number of carbonyl (C=O) groups is 1. The van der Waals surface area contributed by atoms with Gasteiger partial charge in [-0.2, -0.15) is 23.7 Å². The van der Waals surface area contributed by atoms with Crippen LogP contribution in [0.4, 0.5) is 13.2 Å². The van der Waals surface area contributed by atoms with Gasteiger partial charge in [0.05, 0.1) is 17.7 Å². The molecule has 2 atom stereocenters. The number of rotatable bonds is 4. The third kappa shape index (κ3) is 4.64. The summed E-state index contributed by atoms with van der Waals surface area (Å²) >= 11 is -0.272. The van der Waals surface area contributed by atoms with Crippen LogP contribution in [0.1, 0.15) is 28.4 Å². The van der Waals surface area contributed by atoms with E-state index >= 15 is 0 Å². The Kier molecular flexibility index (Phi) is 5.45. The van der Waals surface area contributed by atoms with E-state index in [1.165, 1.54) is 31.2 Å². The third-order valence-corrected chi connectivity index (χ3v) is 5.20. The second-order valence-corrected chi connectivity index (χ2v) is 7.72. The molecule has 1 aliphatic heterocycles. The van der Waals surface area contributed by atoms with Crippen LogP contribution in [0, 0.1) is 22.7 Å². The van der Waals surface area contributed by atoms with Crippen molar-refractivity contribution in [2.75, 3.05) is 0 Å². The quantitative estimate of drug-likeness (QED) is 0.754. The first-order chi connectivity index (χ1) is 13.6. The van der Waals surface area contributed by atoms with Crippen molar-refractivity contribution in [1.29, 1.82) is 10.5 Å². The predicted molar refractivity (Wildman–Crippen MR) is 99.1 cm³/mol. The van der Waals surface area contributed by atoms with Gasteiger partial charge in [-0.25, -0.2) is 0 Å². The van der Waals surface area contributed by atoms with Crippen molar-refractivity contribution in [3.05, 3.63) is 59.2 Å². The average Bonchev–Trinajstić information content (AvgIpc) is 3.11. The lowest BCUT2D eigenvalue weighted by Crippen LogP contribution is -2.55. The second kappa shape index (κ2) is 7.69. The van der Waals surface area contributed by atoms with E-state index in [1.54, 1.807) is 18.2 Å². The summed E-state index contributed by atoms with van der Waals surface area (Å²) in [7, 11) is 0. The van der Waals surface area contributed by atoms with Crippen molar-refractivity contribution in [3.63, 3.8) is 0 Å². The lowest BCUT2D eigenvalue weighted by Gasteiger charge is -2.29. The Bertz CT molecular complexity index is 1030. The van der Waals surface area contributed by atoms with Crippen molar-refractivity contribution in [2.24, 2.45) is 0 Å². The highest BCUT2D eigenvalue weighted by molar-refractivity contribution is 8.00. The SMILES string of the molecule is C[C@](C#N)(NC(=O)c1ccc(SC(F)(F)F)cc1)[C@H]1Cc2cc(C#N)ccc2O1. The fraction of sp³-hybridized carbons (Fsp3) is 0.250.